The molecular weight excluding hydrogens is 689 g/mol. The second-order valence-corrected chi connectivity index (χ2v) is 15.7. The van der Waals surface area contributed by atoms with Gasteiger partial charge in [-0.1, -0.05) is 202 Å². The van der Waals surface area contributed by atoms with Gasteiger partial charge in [0.25, 0.3) is 0 Å². The van der Waals surface area contributed by atoms with E-state index in [9.17, 15) is 0 Å². The number of hydrogen-bond donors (Lipinski definition) is 1. The summed E-state index contributed by atoms with van der Waals surface area (Å²) in [7, 11) is 0. The molecule has 0 atom stereocenters. The zero-order chi connectivity index (χ0) is 38.5. The number of fused-ring (bicyclic) bond motifs is 7. The third kappa shape index (κ3) is 6.02. The van der Waals surface area contributed by atoms with E-state index >= 15 is 0 Å². The third-order valence-corrected chi connectivity index (χ3v) is 12.0. The predicted octanol–water partition coefficient (Wildman–Crippen LogP) is 13.8. The van der Waals surface area contributed by atoms with Crippen molar-refractivity contribution in [3.8, 4) is 33.4 Å². The molecule has 9 aromatic rings. The number of benzene rings is 9. The lowest BCUT2D eigenvalue weighted by molar-refractivity contribution is 0.661. The fourth-order valence-corrected chi connectivity index (χ4v) is 8.98. The molecule has 0 radical (unpaired) electrons. The van der Waals surface area contributed by atoms with Crippen molar-refractivity contribution in [2.24, 2.45) is 10.7 Å². The van der Waals surface area contributed by atoms with Crippen LogP contribution in [0, 0.1) is 0 Å². The molecule has 0 aliphatic heterocycles. The SMILES string of the molecule is CC1(C)c2cc(-c3ccc(/C(=C/Cc4ccc(-c5ccccc5)cc4)N=C(N)c4cccc5ccccc45)c4ccccc34)ccc2-c2c1ccc1ccccc21. The predicted molar refractivity (Wildman–Crippen MR) is 243 cm³/mol. The van der Waals surface area contributed by atoms with E-state index < -0.39 is 0 Å². The lowest BCUT2D eigenvalue weighted by atomic mass is 9.81. The lowest BCUT2D eigenvalue weighted by Crippen LogP contribution is -2.15. The van der Waals surface area contributed by atoms with Crippen molar-refractivity contribution in [1.82, 2.24) is 0 Å². The van der Waals surface area contributed by atoms with Gasteiger partial charge in [0.05, 0.1) is 5.70 Å². The summed E-state index contributed by atoms with van der Waals surface area (Å²) in [5.41, 5.74) is 21.2. The van der Waals surface area contributed by atoms with E-state index in [4.69, 9.17) is 10.7 Å². The number of amidine groups is 1. The van der Waals surface area contributed by atoms with Crippen LogP contribution in [0.25, 0.3) is 71.4 Å². The van der Waals surface area contributed by atoms with Crippen LogP contribution in [-0.2, 0) is 11.8 Å². The van der Waals surface area contributed by atoms with Gasteiger partial charge < -0.3 is 5.73 Å². The van der Waals surface area contributed by atoms with Crippen molar-refractivity contribution in [1.29, 1.82) is 0 Å². The maximum absolute atomic E-state index is 6.98. The molecule has 0 amide bonds. The van der Waals surface area contributed by atoms with Gasteiger partial charge in [-0.15, -0.1) is 0 Å². The van der Waals surface area contributed by atoms with Crippen molar-refractivity contribution in [2.45, 2.75) is 25.7 Å². The highest BCUT2D eigenvalue weighted by Gasteiger charge is 2.36. The van der Waals surface area contributed by atoms with Crippen LogP contribution in [0.2, 0.25) is 0 Å². The van der Waals surface area contributed by atoms with Gasteiger partial charge in [0, 0.05) is 16.5 Å². The van der Waals surface area contributed by atoms with Crippen LogP contribution in [-0.4, -0.2) is 5.84 Å². The minimum absolute atomic E-state index is 0.122. The van der Waals surface area contributed by atoms with Crippen LogP contribution < -0.4 is 5.73 Å². The van der Waals surface area contributed by atoms with Gasteiger partial charge in [-0.3, -0.25) is 0 Å². The maximum Gasteiger partial charge on any atom is 0.131 e. The standard InChI is InChI=1S/C55H42N2/c1-55(2)50-33-29-40-16-7-9-19-44(40)53(50)49-30-28-41(35-51(49)55)43-31-32-47(46-21-11-10-20-45(43)46)52(57-54(56)48-22-12-17-39-15-6-8-18-42(39)48)34-25-36-23-26-38(27-24-36)37-13-4-3-5-14-37/h3-24,26-35H,25H2,1-2H3,(H2,56,57)/b52-34-. The third-order valence-electron chi connectivity index (χ3n) is 12.0. The molecule has 0 saturated heterocycles. The first-order valence-electron chi connectivity index (χ1n) is 19.8. The summed E-state index contributed by atoms with van der Waals surface area (Å²) in [6.07, 6.45) is 2.94. The van der Waals surface area contributed by atoms with Crippen molar-refractivity contribution < 1.29 is 0 Å². The van der Waals surface area contributed by atoms with Crippen LogP contribution in [0.15, 0.2) is 199 Å². The smallest absolute Gasteiger partial charge is 0.131 e. The van der Waals surface area contributed by atoms with Crippen molar-refractivity contribution in [3.63, 3.8) is 0 Å². The Balaban J connectivity index is 1.09. The molecule has 2 heteroatoms. The number of aliphatic imine (C=N–C) groups is 1. The summed E-state index contributed by atoms with van der Waals surface area (Å²) < 4.78 is 0. The first kappa shape index (κ1) is 34.5. The first-order valence-corrected chi connectivity index (χ1v) is 19.8. The van der Waals surface area contributed by atoms with Gasteiger partial charge in [-0.05, 0) is 94.9 Å². The zero-order valence-corrected chi connectivity index (χ0v) is 32.2. The Kier molecular flexibility index (Phi) is 8.42. The molecule has 0 saturated carbocycles. The van der Waals surface area contributed by atoms with E-state index in [1.807, 2.05) is 0 Å². The fraction of sp³-hybridized carbons (Fsp3) is 0.0727. The zero-order valence-electron chi connectivity index (χ0n) is 32.2. The molecule has 57 heavy (non-hydrogen) atoms. The molecule has 1 aliphatic carbocycles. The molecule has 0 aromatic heterocycles. The summed E-state index contributed by atoms with van der Waals surface area (Å²) in [6.45, 7) is 4.73. The van der Waals surface area contributed by atoms with E-state index in [2.05, 4.69) is 208 Å². The normalized spacial score (nSPS) is 13.6. The Morgan fingerprint density at radius 1 is 0.491 bits per heavy atom. The van der Waals surface area contributed by atoms with E-state index in [0.29, 0.717) is 12.3 Å². The van der Waals surface area contributed by atoms with Crippen LogP contribution in [0.4, 0.5) is 0 Å². The molecule has 2 N–H and O–H groups in total. The molecule has 0 spiro atoms. The molecule has 2 nitrogen and oxygen atoms in total. The minimum atomic E-state index is -0.122. The van der Waals surface area contributed by atoms with Crippen molar-refractivity contribution in [2.75, 3.05) is 0 Å². The van der Waals surface area contributed by atoms with Gasteiger partial charge in [0.1, 0.15) is 5.84 Å². The fourth-order valence-electron chi connectivity index (χ4n) is 8.98. The molecule has 10 rings (SSSR count). The number of allylic oxidation sites excluding steroid dienone is 1. The summed E-state index contributed by atoms with van der Waals surface area (Å²) >= 11 is 0. The van der Waals surface area contributed by atoms with E-state index in [1.165, 1.54) is 66.2 Å². The van der Waals surface area contributed by atoms with Crippen LogP contribution in [0.1, 0.15) is 41.7 Å². The van der Waals surface area contributed by atoms with Crippen molar-refractivity contribution in [3.05, 3.63) is 222 Å². The Bertz CT molecular complexity index is 3050. The number of hydrogen-bond acceptors (Lipinski definition) is 1. The Hall–Kier alpha value is -7.03. The highest BCUT2D eigenvalue weighted by atomic mass is 14.9. The second-order valence-electron chi connectivity index (χ2n) is 15.7. The molecule has 0 heterocycles. The Morgan fingerprint density at radius 3 is 1.89 bits per heavy atom. The van der Waals surface area contributed by atoms with Gasteiger partial charge in [0.15, 0.2) is 0 Å². The maximum atomic E-state index is 6.98. The molecule has 0 unspecified atom stereocenters. The van der Waals surface area contributed by atoms with Gasteiger partial charge >= 0.3 is 0 Å². The second kappa shape index (κ2) is 13.9. The minimum Gasteiger partial charge on any atom is -0.383 e. The topological polar surface area (TPSA) is 38.4 Å². The van der Waals surface area contributed by atoms with Crippen LogP contribution in [0.3, 0.4) is 0 Å². The molecule has 272 valence electrons. The summed E-state index contributed by atoms with van der Waals surface area (Å²) in [4.78, 5) is 5.27. The van der Waals surface area contributed by atoms with E-state index in [-0.39, 0.29) is 5.41 Å². The molecular formula is C55H42N2. The average Bonchev–Trinajstić information content (AvgIpc) is 3.50. The highest BCUT2D eigenvalue weighted by molar-refractivity contribution is 6.12. The first-order chi connectivity index (χ1) is 27.9. The summed E-state index contributed by atoms with van der Waals surface area (Å²) in [5, 5.41) is 7.16. The molecule has 0 bridgehead atoms. The van der Waals surface area contributed by atoms with Gasteiger partial charge in [-0.25, -0.2) is 4.99 Å². The molecule has 9 aromatic carbocycles. The lowest BCUT2D eigenvalue weighted by Gasteiger charge is -2.22. The number of nitrogens with two attached hydrogens (primary N) is 1. The number of rotatable bonds is 7. The Labute approximate surface area is 334 Å². The van der Waals surface area contributed by atoms with Crippen LogP contribution in [0.5, 0.6) is 0 Å². The summed E-state index contributed by atoms with van der Waals surface area (Å²) in [5.74, 6) is 0.499. The van der Waals surface area contributed by atoms with E-state index in [0.717, 1.165) is 33.0 Å². The highest BCUT2D eigenvalue weighted by Crippen LogP contribution is 2.52. The molecule has 0 fully saturated rings. The van der Waals surface area contributed by atoms with Gasteiger partial charge in [0.2, 0.25) is 0 Å². The Morgan fingerprint density at radius 2 is 1.11 bits per heavy atom. The average molecular weight is 731 g/mol. The number of nitrogens with zero attached hydrogens (tertiary/aromatic N) is 1. The van der Waals surface area contributed by atoms with Gasteiger partial charge in [-0.2, -0.15) is 0 Å². The monoisotopic (exact) mass is 730 g/mol. The van der Waals surface area contributed by atoms with E-state index in [1.54, 1.807) is 0 Å². The van der Waals surface area contributed by atoms with Crippen molar-refractivity contribution >= 4 is 43.9 Å². The van der Waals surface area contributed by atoms with Crippen LogP contribution >= 0.6 is 0 Å². The summed E-state index contributed by atoms with van der Waals surface area (Å²) in [6, 6.07) is 67.6. The quantitative estimate of drug-likeness (QED) is 0.129. The molecule has 1 aliphatic rings. The largest absolute Gasteiger partial charge is 0.383 e.